The molecule has 1 saturated heterocycles. The summed E-state index contributed by atoms with van der Waals surface area (Å²) >= 11 is 0. The standard InChI is InChI=1S/C15H22N2O4S2/c1-3-22(18,19)16-11-14-5-4-10-17(12-14)23(20,21)15-8-6-13(2)7-9-15/h3,6-9,14,16H,1,4-5,10-12H2,2H3. The van der Waals surface area contributed by atoms with Gasteiger partial charge in [-0.05, 0) is 37.8 Å². The van der Waals surface area contributed by atoms with E-state index in [1.165, 1.54) is 4.31 Å². The molecule has 1 aromatic rings. The predicted molar refractivity (Wildman–Crippen MR) is 89.8 cm³/mol. The van der Waals surface area contributed by atoms with Crippen LogP contribution < -0.4 is 4.72 Å². The van der Waals surface area contributed by atoms with Gasteiger partial charge in [0.1, 0.15) is 0 Å². The van der Waals surface area contributed by atoms with Crippen molar-refractivity contribution in [3.05, 3.63) is 41.8 Å². The van der Waals surface area contributed by atoms with E-state index < -0.39 is 20.0 Å². The normalized spacial score (nSPS) is 20.3. The zero-order valence-electron chi connectivity index (χ0n) is 13.1. The van der Waals surface area contributed by atoms with Crippen LogP contribution in [0.2, 0.25) is 0 Å². The lowest BCUT2D eigenvalue weighted by Crippen LogP contribution is -2.43. The van der Waals surface area contributed by atoms with E-state index in [2.05, 4.69) is 11.3 Å². The van der Waals surface area contributed by atoms with Crippen LogP contribution in [0.3, 0.4) is 0 Å². The maximum Gasteiger partial charge on any atom is 0.243 e. The van der Waals surface area contributed by atoms with Gasteiger partial charge in [-0.3, -0.25) is 0 Å². The van der Waals surface area contributed by atoms with E-state index >= 15 is 0 Å². The fraction of sp³-hybridized carbons (Fsp3) is 0.467. The molecule has 0 amide bonds. The van der Waals surface area contributed by atoms with Crippen LogP contribution in [0.15, 0.2) is 41.1 Å². The molecule has 1 unspecified atom stereocenters. The fourth-order valence-electron chi connectivity index (χ4n) is 2.56. The van der Waals surface area contributed by atoms with Gasteiger partial charge in [0.05, 0.1) is 4.90 Å². The number of hydrogen-bond donors (Lipinski definition) is 1. The molecule has 6 nitrogen and oxygen atoms in total. The first kappa shape index (κ1) is 18.1. The van der Waals surface area contributed by atoms with Crippen LogP contribution in [0.25, 0.3) is 0 Å². The summed E-state index contributed by atoms with van der Waals surface area (Å²) in [5, 5.41) is 0.858. The highest BCUT2D eigenvalue weighted by molar-refractivity contribution is 7.92. The van der Waals surface area contributed by atoms with E-state index in [-0.39, 0.29) is 17.4 Å². The lowest BCUT2D eigenvalue weighted by Gasteiger charge is -2.31. The van der Waals surface area contributed by atoms with Crippen LogP contribution in [0.4, 0.5) is 0 Å². The Hall–Kier alpha value is -1.22. The van der Waals surface area contributed by atoms with Crippen LogP contribution in [-0.2, 0) is 20.0 Å². The number of rotatable bonds is 6. The van der Waals surface area contributed by atoms with E-state index in [4.69, 9.17) is 0 Å². The summed E-state index contributed by atoms with van der Waals surface area (Å²) in [5.41, 5.74) is 0.999. The molecule has 1 fully saturated rings. The Labute approximate surface area is 138 Å². The maximum absolute atomic E-state index is 12.7. The van der Waals surface area contributed by atoms with Crippen molar-refractivity contribution in [1.29, 1.82) is 0 Å². The Bertz CT molecular complexity index is 755. The summed E-state index contributed by atoms with van der Waals surface area (Å²) in [4.78, 5) is 0.274. The Morgan fingerprint density at radius 3 is 2.52 bits per heavy atom. The van der Waals surface area contributed by atoms with E-state index in [0.717, 1.165) is 17.4 Å². The Kier molecular flexibility index (Phi) is 5.61. The molecular formula is C15H22N2O4S2. The SMILES string of the molecule is C=CS(=O)(=O)NCC1CCCN(S(=O)(=O)c2ccc(C)cc2)C1. The second kappa shape index (κ2) is 7.12. The minimum absolute atomic E-state index is 0.0429. The van der Waals surface area contributed by atoms with Gasteiger partial charge in [-0.25, -0.2) is 21.6 Å². The van der Waals surface area contributed by atoms with Crippen LogP contribution in [0.5, 0.6) is 0 Å². The van der Waals surface area contributed by atoms with Crippen LogP contribution in [0.1, 0.15) is 18.4 Å². The van der Waals surface area contributed by atoms with Gasteiger partial charge in [0.15, 0.2) is 0 Å². The number of piperidine rings is 1. The third-order valence-electron chi connectivity index (χ3n) is 3.93. The van der Waals surface area contributed by atoms with Crippen molar-refractivity contribution in [3.63, 3.8) is 0 Å². The molecule has 23 heavy (non-hydrogen) atoms. The van der Waals surface area contributed by atoms with Crippen molar-refractivity contribution >= 4 is 20.0 Å². The molecule has 0 saturated carbocycles. The topological polar surface area (TPSA) is 83.6 Å². The largest absolute Gasteiger partial charge is 0.243 e. The zero-order chi connectivity index (χ0) is 17.1. The highest BCUT2D eigenvalue weighted by Gasteiger charge is 2.30. The molecule has 1 aromatic carbocycles. The number of benzene rings is 1. The highest BCUT2D eigenvalue weighted by Crippen LogP contribution is 2.23. The summed E-state index contributed by atoms with van der Waals surface area (Å²) in [5.74, 6) is -0.0429. The van der Waals surface area contributed by atoms with Crippen LogP contribution >= 0.6 is 0 Å². The first-order valence-corrected chi connectivity index (χ1v) is 10.4. The number of sulfonamides is 2. The summed E-state index contributed by atoms with van der Waals surface area (Å²) in [7, 11) is -7.02. The fourth-order valence-corrected chi connectivity index (χ4v) is 4.70. The molecule has 0 radical (unpaired) electrons. The summed E-state index contributed by atoms with van der Waals surface area (Å²) in [6.07, 6.45) is 1.51. The van der Waals surface area contributed by atoms with Gasteiger partial charge in [-0.1, -0.05) is 24.3 Å². The van der Waals surface area contributed by atoms with Gasteiger partial charge < -0.3 is 0 Å². The Morgan fingerprint density at radius 2 is 1.91 bits per heavy atom. The third kappa shape index (κ3) is 4.63. The highest BCUT2D eigenvalue weighted by atomic mass is 32.2. The van der Waals surface area contributed by atoms with Crippen molar-refractivity contribution in [1.82, 2.24) is 9.03 Å². The first-order valence-electron chi connectivity index (χ1n) is 7.43. The first-order chi connectivity index (χ1) is 10.7. The maximum atomic E-state index is 12.7. The van der Waals surface area contributed by atoms with Crippen molar-refractivity contribution in [2.45, 2.75) is 24.7 Å². The molecule has 128 valence electrons. The van der Waals surface area contributed by atoms with Crippen LogP contribution in [0, 0.1) is 12.8 Å². The van der Waals surface area contributed by atoms with E-state index in [9.17, 15) is 16.8 Å². The minimum Gasteiger partial charge on any atom is -0.211 e. The summed E-state index contributed by atoms with van der Waals surface area (Å²) < 4.78 is 52.0. The van der Waals surface area contributed by atoms with Crippen molar-refractivity contribution < 1.29 is 16.8 Å². The number of nitrogens with one attached hydrogen (secondary N) is 1. The molecule has 0 aromatic heterocycles. The molecule has 1 aliphatic rings. The molecule has 8 heteroatoms. The molecule has 1 aliphatic heterocycles. The van der Waals surface area contributed by atoms with Crippen LogP contribution in [-0.4, -0.2) is 40.8 Å². The lowest BCUT2D eigenvalue weighted by atomic mass is 10.0. The smallest absolute Gasteiger partial charge is 0.211 e. The van der Waals surface area contributed by atoms with Crippen molar-refractivity contribution in [3.8, 4) is 0 Å². The van der Waals surface area contributed by atoms with Gasteiger partial charge in [-0.2, -0.15) is 4.31 Å². The molecule has 1 N–H and O–H groups in total. The summed E-state index contributed by atoms with van der Waals surface area (Å²) in [6, 6.07) is 6.75. The van der Waals surface area contributed by atoms with Gasteiger partial charge in [-0.15, -0.1) is 0 Å². The monoisotopic (exact) mass is 358 g/mol. The second-order valence-electron chi connectivity index (χ2n) is 5.74. The van der Waals surface area contributed by atoms with E-state index in [1.807, 2.05) is 6.92 Å². The van der Waals surface area contributed by atoms with E-state index in [1.54, 1.807) is 24.3 Å². The second-order valence-corrected chi connectivity index (χ2v) is 9.39. The van der Waals surface area contributed by atoms with Gasteiger partial charge in [0, 0.05) is 25.0 Å². The van der Waals surface area contributed by atoms with Gasteiger partial charge in [0.2, 0.25) is 20.0 Å². The molecule has 0 bridgehead atoms. The van der Waals surface area contributed by atoms with Gasteiger partial charge in [0.25, 0.3) is 0 Å². The number of nitrogens with zero attached hydrogens (tertiary/aromatic N) is 1. The lowest BCUT2D eigenvalue weighted by molar-refractivity contribution is 0.267. The average molecular weight is 358 g/mol. The molecule has 0 aliphatic carbocycles. The van der Waals surface area contributed by atoms with Crippen molar-refractivity contribution in [2.75, 3.05) is 19.6 Å². The Morgan fingerprint density at radius 1 is 1.26 bits per heavy atom. The quantitative estimate of drug-likeness (QED) is 0.834. The average Bonchev–Trinajstić information content (AvgIpc) is 2.54. The zero-order valence-corrected chi connectivity index (χ0v) is 14.7. The van der Waals surface area contributed by atoms with Gasteiger partial charge >= 0.3 is 0 Å². The number of hydrogen-bond acceptors (Lipinski definition) is 4. The van der Waals surface area contributed by atoms with Crippen molar-refractivity contribution in [2.24, 2.45) is 5.92 Å². The molecule has 2 rings (SSSR count). The molecule has 0 spiro atoms. The Balaban J connectivity index is 2.08. The molecule has 1 heterocycles. The third-order valence-corrected chi connectivity index (χ3v) is 6.82. The minimum atomic E-state index is -3.54. The molecule has 1 atom stereocenters. The molecular weight excluding hydrogens is 336 g/mol. The van der Waals surface area contributed by atoms with E-state index in [0.29, 0.717) is 19.5 Å². The predicted octanol–water partition coefficient (Wildman–Crippen LogP) is 1.46. The summed E-state index contributed by atoms with van der Waals surface area (Å²) in [6.45, 7) is 6.13. The number of aryl methyl sites for hydroxylation is 1.